The van der Waals surface area contributed by atoms with Gasteiger partial charge in [-0.25, -0.2) is 0 Å². The molecular weight excluding hydrogens is 266 g/mol. The Bertz CT molecular complexity index is 453. The first kappa shape index (κ1) is 15.6. The summed E-state index contributed by atoms with van der Waals surface area (Å²) in [5.74, 6) is 0.909. The van der Waals surface area contributed by atoms with Gasteiger partial charge in [-0.3, -0.25) is 4.79 Å². The number of anilines is 1. The predicted octanol–water partition coefficient (Wildman–Crippen LogP) is 1.69. The van der Waals surface area contributed by atoms with E-state index in [1.807, 2.05) is 24.3 Å². The Morgan fingerprint density at radius 3 is 2.57 bits per heavy atom. The molecule has 3 N–H and O–H groups in total. The third-order valence-corrected chi connectivity index (χ3v) is 4.10. The highest BCUT2D eigenvalue weighted by molar-refractivity contribution is 5.75. The van der Waals surface area contributed by atoms with E-state index in [0.717, 1.165) is 5.69 Å². The first-order chi connectivity index (χ1) is 10.0. The molecule has 5 nitrogen and oxygen atoms in total. The van der Waals surface area contributed by atoms with Crippen LogP contribution in [0.3, 0.4) is 0 Å². The summed E-state index contributed by atoms with van der Waals surface area (Å²) in [5.41, 5.74) is 6.13. The number of hydrogen-bond donors (Lipinski definition) is 2. The van der Waals surface area contributed by atoms with Gasteiger partial charge in [-0.05, 0) is 70.1 Å². The van der Waals surface area contributed by atoms with Crippen molar-refractivity contribution in [1.29, 1.82) is 0 Å². The molecular formula is C16H25N3O2. The second-order valence-corrected chi connectivity index (χ2v) is 5.85. The molecule has 21 heavy (non-hydrogen) atoms. The molecule has 1 atom stereocenters. The number of likely N-dealkylation sites (tertiary alicyclic amines) is 1. The highest BCUT2D eigenvalue weighted by Crippen LogP contribution is 2.23. The largest absolute Gasteiger partial charge is 0.484 e. The first-order valence-corrected chi connectivity index (χ1v) is 7.51. The van der Waals surface area contributed by atoms with Crippen molar-refractivity contribution in [2.24, 2.45) is 11.7 Å². The maximum atomic E-state index is 10.7. The van der Waals surface area contributed by atoms with Crippen molar-refractivity contribution in [2.45, 2.75) is 25.8 Å². The van der Waals surface area contributed by atoms with Crippen LogP contribution in [0.15, 0.2) is 24.3 Å². The van der Waals surface area contributed by atoms with Crippen molar-refractivity contribution >= 4 is 11.6 Å². The van der Waals surface area contributed by atoms with E-state index in [-0.39, 0.29) is 6.61 Å². The summed E-state index contributed by atoms with van der Waals surface area (Å²) >= 11 is 0. The van der Waals surface area contributed by atoms with Crippen molar-refractivity contribution in [3.8, 4) is 5.75 Å². The smallest absolute Gasteiger partial charge is 0.255 e. The number of carbonyl (C=O) groups is 1. The molecule has 0 aliphatic carbocycles. The fourth-order valence-electron chi connectivity index (χ4n) is 2.71. The van der Waals surface area contributed by atoms with Crippen LogP contribution in [0.4, 0.5) is 5.69 Å². The lowest BCUT2D eigenvalue weighted by Gasteiger charge is -2.33. The molecule has 1 aliphatic rings. The van der Waals surface area contributed by atoms with E-state index in [2.05, 4.69) is 24.2 Å². The van der Waals surface area contributed by atoms with Gasteiger partial charge >= 0.3 is 0 Å². The van der Waals surface area contributed by atoms with Gasteiger partial charge in [0, 0.05) is 11.7 Å². The van der Waals surface area contributed by atoms with Gasteiger partial charge in [0.05, 0.1) is 0 Å². The number of ether oxygens (including phenoxy) is 1. The molecule has 2 rings (SSSR count). The zero-order valence-corrected chi connectivity index (χ0v) is 12.8. The Hall–Kier alpha value is -1.75. The molecule has 0 bridgehead atoms. The molecule has 1 fully saturated rings. The molecule has 1 saturated heterocycles. The number of amides is 1. The standard InChI is InChI=1S/C16H25N3O2/c1-12(13-7-9-19(2)10-8-13)18-14-3-5-15(6-4-14)21-11-16(17)20/h3-6,12-13,18H,7-11H2,1-2H3,(H2,17,20). The van der Waals surface area contributed by atoms with Gasteiger partial charge in [0.15, 0.2) is 6.61 Å². The SMILES string of the molecule is CC(Nc1ccc(OCC(N)=O)cc1)C1CCN(C)CC1. The monoisotopic (exact) mass is 291 g/mol. The predicted molar refractivity (Wildman–Crippen MR) is 84.4 cm³/mol. The van der Waals surface area contributed by atoms with E-state index in [4.69, 9.17) is 10.5 Å². The normalized spacial score (nSPS) is 18.2. The fourth-order valence-corrected chi connectivity index (χ4v) is 2.71. The number of primary amides is 1. The minimum absolute atomic E-state index is 0.0846. The topological polar surface area (TPSA) is 67.6 Å². The quantitative estimate of drug-likeness (QED) is 0.837. The van der Waals surface area contributed by atoms with Crippen molar-refractivity contribution in [1.82, 2.24) is 4.90 Å². The van der Waals surface area contributed by atoms with Crippen LogP contribution in [0, 0.1) is 5.92 Å². The molecule has 116 valence electrons. The van der Waals surface area contributed by atoms with Crippen molar-refractivity contribution in [3.05, 3.63) is 24.3 Å². The average molecular weight is 291 g/mol. The Kier molecular flexibility index (Phi) is 5.44. The molecule has 1 amide bonds. The van der Waals surface area contributed by atoms with E-state index in [1.165, 1.54) is 25.9 Å². The molecule has 0 aromatic heterocycles. The fraction of sp³-hybridized carbons (Fsp3) is 0.562. The van der Waals surface area contributed by atoms with E-state index < -0.39 is 5.91 Å². The van der Waals surface area contributed by atoms with Crippen LogP contribution in [0.1, 0.15) is 19.8 Å². The molecule has 0 spiro atoms. The molecule has 1 aliphatic heterocycles. The summed E-state index contributed by atoms with van der Waals surface area (Å²) in [4.78, 5) is 13.0. The van der Waals surface area contributed by atoms with Crippen molar-refractivity contribution < 1.29 is 9.53 Å². The van der Waals surface area contributed by atoms with E-state index in [0.29, 0.717) is 17.7 Å². The zero-order chi connectivity index (χ0) is 15.2. The molecule has 1 unspecified atom stereocenters. The summed E-state index contributed by atoms with van der Waals surface area (Å²) in [5, 5.41) is 3.55. The molecule has 1 heterocycles. The van der Waals surface area contributed by atoms with E-state index in [1.54, 1.807) is 0 Å². The first-order valence-electron chi connectivity index (χ1n) is 7.51. The number of rotatable bonds is 6. The number of hydrogen-bond acceptors (Lipinski definition) is 4. The number of nitrogens with two attached hydrogens (primary N) is 1. The zero-order valence-electron chi connectivity index (χ0n) is 12.8. The van der Waals surface area contributed by atoms with Gasteiger partial charge in [-0.15, -0.1) is 0 Å². The summed E-state index contributed by atoms with van der Waals surface area (Å²) < 4.78 is 5.25. The Labute approximate surface area is 126 Å². The molecule has 1 aromatic rings. The Balaban J connectivity index is 1.83. The molecule has 1 aromatic carbocycles. The second kappa shape index (κ2) is 7.31. The van der Waals surface area contributed by atoms with Crippen LogP contribution in [0.2, 0.25) is 0 Å². The number of nitrogens with one attached hydrogen (secondary N) is 1. The lowest BCUT2D eigenvalue weighted by molar-refractivity contribution is -0.119. The van der Waals surface area contributed by atoms with Gasteiger partial charge in [-0.2, -0.15) is 0 Å². The third kappa shape index (κ3) is 4.93. The van der Waals surface area contributed by atoms with Gasteiger partial charge < -0.3 is 20.7 Å². The number of nitrogens with zero attached hydrogens (tertiary/aromatic N) is 1. The van der Waals surface area contributed by atoms with Crippen LogP contribution in [0.25, 0.3) is 0 Å². The lowest BCUT2D eigenvalue weighted by atomic mass is 9.90. The van der Waals surface area contributed by atoms with E-state index >= 15 is 0 Å². The van der Waals surface area contributed by atoms with Crippen LogP contribution in [0.5, 0.6) is 5.75 Å². The maximum Gasteiger partial charge on any atom is 0.255 e. The van der Waals surface area contributed by atoms with Crippen LogP contribution in [-0.4, -0.2) is 43.6 Å². The summed E-state index contributed by atoms with van der Waals surface area (Å²) in [6.45, 7) is 4.51. The number of benzene rings is 1. The Morgan fingerprint density at radius 2 is 2.00 bits per heavy atom. The number of piperidine rings is 1. The minimum atomic E-state index is -0.465. The highest BCUT2D eigenvalue weighted by Gasteiger charge is 2.21. The average Bonchev–Trinajstić information content (AvgIpc) is 2.47. The van der Waals surface area contributed by atoms with Crippen molar-refractivity contribution in [2.75, 3.05) is 32.1 Å². The van der Waals surface area contributed by atoms with Crippen molar-refractivity contribution in [3.63, 3.8) is 0 Å². The molecule has 0 radical (unpaired) electrons. The molecule has 0 saturated carbocycles. The van der Waals surface area contributed by atoms with Gasteiger partial charge in [0.25, 0.3) is 5.91 Å². The van der Waals surface area contributed by atoms with Crippen LogP contribution in [-0.2, 0) is 4.79 Å². The highest BCUT2D eigenvalue weighted by atomic mass is 16.5. The second-order valence-electron chi connectivity index (χ2n) is 5.85. The van der Waals surface area contributed by atoms with E-state index in [9.17, 15) is 4.79 Å². The summed E-state index contributed by atoms with van der Waals surface area (Å²) in [6, 6.07) is 8.11. The number of carbonyl (C=O) groups excluding carboxylic acids is 1. The third-order valence-electron chi connectivity index (χ3n) is 4.10. The van der Waals surface area contributed by atoms with Gasteiger partial charge in [0.2, 0.25) is 0 Å². The van der Waals surface area contributed by atoms with Crippen LogP contribution < -0.4 is 15.8 Å². The minimum Gasteiger partial charge on any atom is -0.484 e. The van der Waals surface area contributed by atoms with Gasteiger partial charge in [-0.1, -0.05) is 0 Å². The Morgan fingerprint density at radius 1 is 1.38 bits per heavy atom. The maximum absolute atomic E-state index is 10.7. The lowest BCUT2D eigenvalue weighted by Crippen LogP contribution is -2.37. The summed E-state index contributed by atoms with van der Waals surface area (Å²) in [6.07, 6.45) is 2.48. The van der Waals surface area contributed by atoms with Crippen LogP contribution >= 0.6 is 0 Å². The summed E-state index contributed by atoms with van der Waals surface area (Å²) in [7, 11) is 2.18. The molecule has 5 heteroatoms. The van der Waals surface area contributed by atoms with Gasteiger partial charge in [0.1, 0.15) is 5.75 Å².